The zero-order valence-electron chi connectivity index (χ0n) is 16.5. The van der Waals surface area contributed by atoms with Crippen molar-refractivity contribution in [2.24, 2.45) is 10.9 Å². The van der Waals surface area contributed by atoms with Crippen LogP contribution in [0.5, 0.6) is 11.5 Å². The first-order chi connectivity index (χ1) is 13.0. The van der Waals surface area contributed by atoms with Gasteiger partial charge in [-0.3, -0.25) is 4.79 Å². The number of fused-ring (bicyclic) bond motifs is 1. The fourth-order valence-corrected chi connectivity index (χ4v) is 3.84. The van der Waals surface area contributed by atoms with E-state index >= 15 is 0 Å². The van der Waals surface area contributed by atoms with Crippen LogP contribution in [-0.4, -0.2) is 49.2 Å². The maximum atomic E-state index is 12.2. The molecule has 1 aromatic carbocycles. The second kappa shape index (κ2) is 10.5. The first-order valence-electron chi connectivity index (χ1n) is 9.39. The molecular weight excluding hydrogens is 539 g/mol. The highest BCUT2D eigenvalue weighted by Gasteiger charge is 2.28. The lowest BCUT2D eigenvalue weighted by molar-refractivity contribution is -0.133. The molecule has 1 aromatic rings. The van der Waals surface area contributed by atoms with Gasteiger partial charge in [0.25, 0.3) is 0 Å². The van der Waals surface area contributed by atoms with E-state index in [1.54, 1.807) is 0 Å². The molecule has 9 heteroatoms. The number of hydrogen-bond donors (Lipinski definition) is 2. The fraction of sp³-hybridized carbons (Fsp3) is 0.579. The van der Waals surface area contributed by atoms with Crippen LogP contribution in [0.25, 0.3) is 0 Å². The Morgan fingerprint density at radius 2 is 2.18 bits per heavy atom. The lowest BCUT2D eigenvalue weighted by atomic mass is 10.2. The Hall–Kier alpha value is -1.23. The molecule has 2 N–H and O–H groups in total. The molecule has 1 fully saturated rings. The number of ether oxygens (including phenoxy) is 2. The monoisotopic (exact) mass is 566 g/mol. The van der Waals surface area contributed by atoms with E-state index in [-0.39, 0.29) is 48.6 Å². The van der Waals surface area contributed by atoms with Crippen molar-refractivity contribution in [2.45, 2.75) is 39.8 Å². The fourth-order valence-electron chi connectivity index (χ4n) is 3.24. The quantitative estimate of drug-likeness (QED) is 0.325. The van der Waals surface area contributed by atoms with Gasteiger partial charge >= 0.3 is 0 Å². The van der Waals surface area contributed by atoms with Crippen molar-refractivity contribution in [1.29, 1.82) is 0 Å². The molecule has 1 unspecified atom stereocenters. The Balaban J connectivity index is 0.00000280. The molecule has 0 aliphatic carbocycles. The van der Waals surface area contributed by atoms with E-state index in [0.29, 0.717) is 6.54 Å². The third kappa shape index (κ3) is 5.65. The smallest absolute Gasteiger partial charge is 0.231 e. The average molecular weight is 567 g/mol. The molecule has 7 nitrogen and oxygen atoms in total. The number of nitrogens with zero attached hydrogens (tertiary/aromatic N) is 2. The van der Waals surface area contributed by atoms with Gasteiger partial charge in [-0.15, -0.1) is 24.0 Å². The van der Waals surface area contributed by atoms with E-state index in [1.807, 2.05) is 37.8 Å². The van der Waals surface area contributed by atoms with Crippen molar-refractivity contribution in [3.63, 3.8) is 0 Å². The number of guanidine groups is 1. The minimum Gasteiger partial charge on any atom is -0.454 e. The van der Waals surface area contributed by atoms with Crippen molar-refractivity contribution in [2.75, 3.05) is 26.4 Å². The maximum absolute atomic E-state index is 12.2. The minimum atomic E-state index is 0. The maximum Gasteiger partial charge on any atom is 0.231 e. The molecule has 0 spiro atoms. The minimum absolute atomic E-state index is 0. The van der Waals surface area contributed by atoms with E-state index in [9.17, 15) is 4.79 Å². The molecule has 1 amide bonds. The lowest BCUT2D eigenvalue weighted by Crippen LogP contribution is -2.45. The van der Waals surface area contributed by atoms with Gasteiger partial charge in [-0.1, -0.05) is 13.8 Å². The largest absolute Gasteiger partial charge is 0.454 e. The number of amides is 1. The molecule has 2 heterocycles. The number of benzene rings is 1. The number of likely N-dealkylation sites (tertiary alicyclic amines) is 1. The Morgan fingerprint density at radius 3 is 2.89 bits per heavy atom. The first-order valence-corrected chi connectivity index (χ1v) is 10.2. The number of aliphatic imine (C=N–C) groups is 1. The van der Waals surface area contributed by atoms with E-state index in [0.717, 1.165) is 53.5 Å². The molecule has 0 bridgehead atoms. The third-order valence-electron chi connectivity index (χ3n) is 4.59. The van der Waals surface area contributed by atoms with Crippen LogP contribution in [0, 0.1) is 5.92 Å². The summed E-state index contributed by atoms with van der Waals surface area (Å²) in [6.07, 6.45) is 0.929. The standard InChI is InChI=1S/C19H27BrN4O3.HI/c1-4-21-19(23-14-5-6-24(10-14)18(25)12(2)3)22-9-13-7-15(20)17-16(8-13)26-11-27-17;/h7-8,12,14H,4-6,9-11H2,1-3H3,(H2,21,22,23);1H. The van der Waals surface area contributed by atoms with E-state index in [4.69, 9.17) is 14.5 Å². The van der Waals surface area contributed by atoms with Gasteiger partial charge in [0.15, 0.2) is 17.5 Å². The summed E-state index contributed by atoms with van der Waals surface area (Å²) >= 11 is 3.52. The van der Waals surface area contributed by atoms with Crippen molar-refractivity contribution in [3.8, 4) is 11.5 Å². The molecule has 28 heavy (non-hydrogen) atoms. The van der Waals surface area contributed by atoms with Crippen molar-refractivity contribution in [3.05, 3.63) is 22.2 Å². The van der Waals surface area contributed by atoms with Gasteiger partial charge in [0, 0.05) is 31.6 Å². The summed E-state index contributed by atoms with van der Waals surface area (Å²) in [5.41, 5.74) is 1.03. The van der Waals surface area contributed by atoms with Crippen LogP contribution >= 0.6 is 39.9 Å². The highest BCUT2D eigenvalue weighted by Crippen LogP contribution is 2.40. The number of hydrogen-bond acceptors (Lipinski definition) is 4. The summed E-state index contributed by atoms with van der Waals surface area (Å²) in [7, 11) is 0. The zero-order valence-corrected chi connectivity index (χ0v) is 20.4. The van der Waals surface area contributed by atoms with Gasteiger partial charge in [-0.05, 0) is 47.0 Å². The third-order valence-corrected chi connectivity index (χ3v) is 5.17. The summed E-state index contributed by atoms with van der Waals surface area (Å²) in [6, 6.07) is 4.17. The van der Waals surface area contributed by atoms with Crippen LogP contribution in [0.2, 0.25) is 0 Å². The number of carbonyl (C=O) groups excluding carboxylic acids is 1. The molecule has 156 valence electrons. The Kier molecular flexibility index (Phi) is 8.66. The molecule has 1 atom stereocenters. The summed E-state index contributed by atoms with van der Waals surface area (Å²) in [5.74, 6) is 2.50. The molecule has 2 aliphatic heterocycles. The topological polar surface area (TPSA) is 75.2 Å². The first kappa shape index (κ1) is 23.1. The molecule has 0 saturated carbocycles. The van der Waals surface area contributed by atoms with Crippen LogP contribution in [0.15, 0.2) is 21.6 Å². The molecule has 0 aromatic heterocycles. The molecule has 1 saturated heterocycles. The highest BCUT2D eigenvalue weighted by molar-refractivity contribution is 14.0. The van der Waals surface area contributed by atoms with E-state index < -0.39 is 0 Å². The SMILES string of the molecule is CCNC(=NCc1cc(Br)c2c(c1)OCO2)NC1CCN(C(=O)C(C)C)C1.I. The van der Waals surface area contributed by atoms with Crippen LogP contribution in [0.1, 0.15) is 32.8 Å². The second-order valence-corrected chi connectivity index (χ2v) is 7.93. The van der Waals surface area contributed by atoms with Crippen LogP contribution in [-0.2, 0) is 11.3 Å². The highest BCUT2D eigenvalue weighted by atomic mass is 127. The Bertz CT molecular complexity index is 729. The second-order valence-electron chi connectivity index (χ2n) is 7.08. The summed E-state index contributed by atoms with van der Waals surface area (Å²) in [5, 5.41) is 6.74. The Labute approximate surface area is 191 Å². The number of carbonyl (C=O) groups is 1. The predicted octanol–water partition coefficient (Wildman–Crippen LogP) is 3.11. The predicted molar refractivity (Wildman–Crippen MR) is 123 cm³/mol. The zero-order chi connectivity index (χ0) is 19.4. The van der Waals surface area contributed by atoms with Crippen LogP contribution in [0.4, 0.5) is 0 Å². The van der Waals surface area contributed by atoms with Crippen molar-refractivity contribution in [1.82, 2.24) is 15.5 Å². The van der Waals surface area contributed by atoms with Gasteiger partial charge in [0.05, 0.1) is 11.0 Å². The van der Waals surface area contributed by atoms with E-state index in [2.05, 4.69) is 26.6 Å². The van der Waals surface area contributed by atoms with Gasteiger partial charge in [-0.2, -0.15) is 0 Å². The summed E-state index contributed by atoms with van der Waals surface area (Å²) in [6.45, 7) is 8.98. The van der Waals surface area contributed by atoms with Crippen molar-refractivity contribution < 1.29 is 14.3 Å². The number of rotatable bonds is 5. The summed E-state index contributed by atoms with van der Waals surface area (Å²) in [4.78, 5) is 18.8. The van der Waals surface area contributed by atoms with Gasteiger partial charge in [0.2, 0.25) is 12.7 Å². The average Bonchev–Trinajstić information content (AvgIpc) is 3.28. The van der Waals surface area contributed by atoms with Crippen molar-refractivity contribution >= 4 is 51.8 Å². The molecular formula is C19H28BrIN4O3. The number of halogens is 2. The molecule has 0 radical (unpaired) electrons. The van der Waals surface area contributed by atoms with Crippen LogP contribution < -0.4 is 20.1 Å². The summed E-state index contributed by atoms with van der Waals surface area (Å²) < 4.78 is 11.8. The van der Waals surface area contributed by atoms with Gasteiger partial charge < -0.3 is 25.0 Å². The Morgan fingerprint density at radius 1 is 1.39 bits per heavy atom. The van der Waals surface area contributed by atoms with Gasteiger partial charge in [-0.25, -0.2) is 4.99 Å². The normalized spacial score (nSPS) is 18.2. The molecule has 3 rings (SSSR count). The number of nitrogens with one attached hydrogen (secondary N) is 2. The van der Waals surface area contributed by atoms with E-state index in [1.165, 1.54) is 0 Å². The van der Waals surface area contributed by atoms with Gasteiger partial charge in [0.1, 0.15) is 0 Å². The lowest BCUT2D eigenvalue weighted by Gasteiger charge is -2.20. The van der Waals surface area contributed by atoms with Crippen LogP contribution in [0.3, 0.4) is 0 Å². The molecule has 2 aliphatic rings.